The van der Waals surface area contributed by atoms with Crippen LogP contribution >= 0.6 is 11.6 Å². The summed E-state index contributed by atoms with van der Waals surface area (Å²) in [6.45, 7) is 4.16. The topological polar surface area (TPSA) is 79.3 Å². The smallest absolute Gasteiger partial charge is 0.162 e. The molecule has 0 radical (unpaired) electrons. The first-order chi connectivity index (χ1) is 14.8. The number of nitriles is 1. The molecule has 0 spiro atoms. The van der Waals surface area contributed by atoms with Gasteiger partial charge in [-0.05, 0) is 53.8 Å². The fraction of sp³-hybridized carbons (Fsp3) is 0.280. The number of methoxy groups -OCH3 is 1. The van der Waals surface area contributed by atoms with Gasteiger partial charge in [0.2, 0.25) is 0 Å². The van der Waals surface area contributed by atoms with Gasteiger partial charge in [0.15, 0.2) is 5.78 Å². The summed E-state index contributed by atoms with van der Waals surface area (Å²) >= 11 is 6.09. The maximum Gasteiger partial charge on any atom is 0.162 e. The van der Waals surface area contributed by atoms with Crippen molar-refractivity contribution in [3.63, 3.8) is 0 Å². The van der Waals surface area contributed by atoms with E-state index in [1.54, 1.807) is 19.2 Å². The summed E-state index contributed by atoms with van der Waals surface area (Å²) < 4.78 is 5.27. The van der Waals surface area contributed by atoms with Crippen LogP contribution < -0.4 is 15.4 Å². The van der Waals surface area contributed by atoms with Gasteiger partial charge in [-0.25, -0.2) is 0 Å². The molecule has 5 nitrogen and oxygen atoms in total. The van der Waals surface area contributed by atoms with Crippen LogP contribution in [0.25, 0.3) is 0 Å². The summed E-state index contributed by atoms with van der Waals surface area (Å²) in [6, 6.07) is 17.0. The standard InChI is InChI=1S/C25H24ClN3O2/c1-25(2)12-20-23(21(30)13-25)22(15-4-10-18(31-3)11-5-15)19(14-27)24(28)29(20)17-8-6-16(26)7-9-17/h4-11,22H,12-13,28H2,1-3H3. The zero-order valence-electron chi connectivity index (χ0n) is 17.8. The van der Waals surface area contributed by atoms with Crippen molar-refractivity contribution in [2.75, 3.05) is 12.0 Å². The van der Waals surface area contributed by atoms with Gasteiger partial charge in [0.05, 0.1) is 24.7 Å². The summed E-state index contributed by atoms with van der Waals surface area (Å²) in [4.78, 5) is 15.3. The lowest BCUT2D eigenvalue weighted by Gasteiger charge is -2.43. The Kier molecular flexibility index (Phi) is 5.28. The third kappa shape index (κ3) is 3.68. The maximum atomic E-state index is 13.4. The lowest BCUT2D eigenvalue weighted by atomic mass is 9.68. The second kappa shape index (κ2) is 7.79. The molecular formula is C25H24ClN3O2. The highest BCUT2D eigenvalue weighted by Gasteiger charge is 2.44. The molecule has 2 N–H and O–H groups in total. The summed E-state index contributed by atoms with van der Waals surface area (Å²) in [5.41, 5.74) is 9.88. The molecule has 0 amide bonds. The number of halogens is 1. The number of hydrogen-bond acceptors (Lipinski definition) is 5. The van der Waals surface area contributed by atoms with E-state index in [1.807, 2.05) is 41.3 Å². The Morgan fingerprint density at radius 2 is 1.77 bits per heavy atom. The highest BCUT2D eigenvalue weighted by Crippen LogP contribution is 2.50. The van der Waals surface area contributed by atoms with E-state index in [1.165, 1.54) is 0 Å². The molecule has 6 heteroatoms. The predicted molar refractivity (Wildman–Crippen MR) is 122 cm³/mol. The molecule has 2 aromatic carbocycles. The van der Waals surface area contributed by atoms with Gasteiger partial charge in [-0.15, -0.1) is 0 Å². The zero-order chi connectivity index (χ0) is 22.3. The second-order valence-electron chi connectivity index (χ2n) is 8.73. The normalized spacial score (nSPS) is 20.4. The molecule has 4 rings (SSSR count). The molecule has 1 aliphatic heterocycles. The quantitative estimate of drug-likeness (QED) is 0.711. The zero-order valence-corrected chi connectivity index (χ0v) is 18.5. The van der Waals surface area contributed by atoms with Crippen molar-refractivity contribution in [2.24, 2.45) is 11.1 Å². The van der Waals surface area contributed by atoms with E-state index in [-0.39, 0.29) is 11.2 Å². The Hall–Kier alpha value is -3.23. The number of benzene rings is 2. The second-order valence-corrected chi connectivity index (χ2v) is 9.17. The molecule has 158 valence electrons. The van der Waals surface area contributed by atoms with Crippen LogP contribution in [0.3, 0.4) is 0 Å². The number of nitrogens with zero attached hydrogens (tertiary/aromatic N) is 2. The Labute approximate surface area is 187 Å². The Morgan fingerprint density at radius 3 is 2.35 bits per heavy atom. The van der Waals surface area contributed by atoms with E-state index in [0.29, 0.717) is 40.6 Å². The third-order valence-corrected chi connectivity index (χ3v) is 6.17. The molecule has 0 bridgehead atoms. The van der Waals surface area contributed by atoms with Crippen molar-refractivity contribution < 1.29 is 9.53 Å². The first-order valence-electron chi connectivity index (χ1n) is 10.1. The number of carbonyl (C=O) groups excluding carboxylic acids is 1. The molecule has 1 unspecified atom stereocenters. The van der Waals surface area contributed by atoms with Gasteiger partial charge in [0.25, 0.3) is 0 Å². The average Bonchev–Trinajstić information content (AvgIpc) is 2.73. The molecule has 2 aromatic rings. The number of ether oxygens (including phenoxy) is 1. The Bertz CT molecular complexity index is 1140. The molecule has 1 atom stereocenters. The van der Waals surface area contributed by atoms with Crippen molar-refractivity contribution in [2.45, 2.75) is 32.6 Å². The van der Waals surface area contributed by atoms with E-state index >= 15 is 0 Å². The molecular weight excluding hydrogens is 410 g/mol. The number of ketones is 1. The molecule has 0 aromatic heterocycles. The minimum absolute atomic E-state index is 0.0475. The van der Waals surface area contributed by atoms with E-state index in [9.17, 15) is 10.1 Å². The fourth-order valence-electron chi connectivity index (χ4n) is 4.52. The Morgan fingerprint density at radius 1 is 1.13 bits per heavy atom. The number of rotatable bonds is 3. The average molecular weight is 434 g/mol. The van der Waals surface area contributed by atoms with Crippen molar-refractivity contribution in [3.05, 3.63) is 81.8 Å². The molecule has 0 saturated carbocycles. The minimum atomic E-state index is -0.502. The molecule has 0 fully saturated rings. The summed E-state index contributed by atoms with van der Waals surface area (Å²) in [6.07, 6.45) is 1.09. The molecule has 1 aliphatic carbocycles. The van der Waals surface area contributed by atoms with Gasteiger partial charge in [0.1, 0.15) is 11.6 Å². The van der Waals surface area contributed by atoms with E-state index in [0.717, 1.165) is 16.9 Å². The Balaban J connectivity index is 1.96. The van der Waals surface area contributed by atoms with Crippen molar-refractivity contribution in [1.82, 2.24) is 0 Å². The largest absolute Gasteiger partial charge is 0.497 e. The monoisotopic (exact) mass is 433 g/mol. The van der Waals surface area contributed by atoms with Crippen molar-refractivity contribution in [3.8, 4) is 11.8 Å². The van der Waals surface area contributed by atoms with Crippen molar-refractivity contribution in [1.29, 1.82) is 5.26 Å². The van der Waals surface area contributed by atoms with Crippen LogP contribution in [0.4, 0.5) is 5.69 Å². The number of hydrogen-bond donors (Lipinski definition) is 1. The van der Waals surface area contributed by atoms with Gasteiger partial charge < -0.3 is 10.5 Å². The summed E-state index contributed by atoms with van der Waals surface area (Å²) in [5.74, 6) is 0.599. The van der Waals surface area contributed by atoms with Crippen LogP contribution in [0.1, 0.15) is 38.2 Å². The lowest BCUT2D eigenvalue weighted by molar-refractivity contribution is -0.118. The van der Waals surface area contributed by atoms with E-state index < -0.39 is 5.92 Å². The number of nitrogens with two attached hydrogens (primary N) is 1. The minimum Gasteiger partial charge on any atom is -0.497 e. The van der Waals surface area contributed by atoms with Crippen LogP contribution in [-0.4, -0.2) is 12.9 Å². The third-order valence-electron chi connectivity index (χ3n) is 5.91. The lowest BCUT2D eigenvalue weighted by Crippen LogP contribution is -2.42. The van der Waals surface area contributed by atoms with Gasteiger partial charge in [-0.1, -0.05) is 37.6 Å². The van der Waals surface area contributed by atoms with Gasteiger partial charge in [0, 0.05) is 28.4 Å². The molecule has 1 heterocycles. The predicted octanol–water partition coefficient (Wildman–Crippen LogP) is 5.29. The van der Waals surface area contributed by atoms with Gasteiger partial charge in [-0.2, -0.15) is 5.26 Å². The highest BCUT2D eigenvalue weighted by atomic mass is 35.5. The van der Waals surface area contributed by atoms with E-state index in [2.05, 4.69) is 19.9 Å². The maximum absolute atomic E-state index is 13.4. The number of anilines is 1. The number of Topliss-reactive ketones (excluding diaryl/α,β-unsaturated/α-hetero) is 1. The van der Waals surface area contributed by atoms with Crippen LogP contribution in [-0.2, 0) is 4.79 Å². The SMILES string of the molecule is COc1ccc(C2C(C#N)=C(N)N(c3ccc(Cl)cc3)C3=C2C(=O)CC(C)(C)C3)cc1. The fourth-order valence-corrected chi connectivity index (χ4v) is 4.65. The van der Waals surface area contributed by atoms with Gasteiger partial charge >= 0.3 is 0 Å². The number of carbonyl (C=O) groups is 1. The molecule has 31 heavy (non-hydrogen) atoms. The summed E-state index contributed by atoms with van der Waals surface area (Å²) in [7, 11) is 1.60. The molecule has 2 aliphatic rings. The summed E-state index contributed by atoms with van der Waals surface area (Å²) in [5, 5.41) is 10.7. The van der Waals surface area contributed by atoms with Crippen LogP contribution in [0.15, 0.2) is 71.2 Å². The van der Waals surface area contributed by atoms with E-state index in [4.69, 9.17) is 22.1 Å². The number of allylic oxidation sites excluding steroid dienone is 3. The van der Waals surface area contributed by atoms with Crippen LogP contribution in [0, 0.1) is 16.7 Å². The first-order valence-corrected chi connectivity index (χ1v) is 10.5. The van der Waals surface area contributed by atoms with Crippen molar-refractivity contribution >= 4 is 23.1 Å². The van der Waals surface area contributed by atoms with Crippen LogP contribution in [0.2, 0.25) is 5.02 Å². The van der Waals surface area contributed by atoms with Gasteiger partial charge in [-0.3, -0.25) is 9.69 Å². The highest BCUT2D eigenvalue weighted by molar-refractivity contribution is 6.30. The first kappa shape index (κ1) is 21.0. The molecule has 0 saturated heterocycles. The van der Waals surface area contributed by atoms with Crippen LogP contribution in [0.5, 0.6) is 5.75 Å².